The second kappa shape index (κ2) is 10.2. The summed E-state index contributed by atoms with van der Waals surface area (Å²) in [4.78, 5) is 55.3. The summed E-state index contributed by atoms with van der Waals surface area (Å²) in [5, 5.41) is 0. The van der Waals surface area contributed by atoms with E-state index >= 15 is 0 Å². The first-order valence-corrected chi connectivity index (χ1v) is 19.1. The van der Waals surface area contributed by atoms with Gasteiger partial charge in [0.05, 0.1) is 10.8 Å². The molecule has 5 saturated carbocycles. The first-order valence-electron chi connectivity index (χ1n) is 19.1. The van der Waals surface area contributed by atoms with E-state index in [4.69, 9.17) is 37.9 Å². The van der Waals surface area contributed by atoms with Crippen LogP contribution >= 0.6 is 0 Å². The van der Waals surface area contributed by atoms with Crippen molar-refractivity contribution in [2.75, 3.05) is 0 Å². The second-order valence-corrected chi connectivity index (χ2v) is 18.4. The lowest BCUT2D eigenvalue weighted by molar-refractivity contribution is -0.232. The number of rotatable bonds is 4. The standard InChI is InChI=1S/C38H52O12/c1-31(2)33(5)17-19-37(31,49-27(33)39)29(41)43-21-23-25(47-35(45-23)13-9-7-10-14-35)22(26-24(21)46-36(48-26)15-11-8-12-16-36)44-30(42)38-20-18-34(6,28(40)50-38)32(38,3)4/h21-26H,7-20H2,1-6H3/t21?,22?,23-,24-,25-,26+,33?,34?,37?,38?/m0/s1. The monoisotopic (exact) mass is 700 g/mol. The van der Waals surface area contributed by atoms with Gasteiger partial charge in [-0.15, -0.1) is 0 Å². The molecule has 4 aliphatic heterocycles. The van der Waals surface area contributed by atoms with Crippen molar-refractivity contribution >= 4 is 23.9 Å². The lowest BCUT2D eigenvalue weighted by Gasteiger charge is -2.44. The molecule has 9 fully saturated rings. The minimum Gasteiger partial charge on any atom is -0.454 e. The summed E-state index contributed by atoms with van der Waals surface area (Å²) in [5.74, 6) is -3.93. The number of esters is 4. The molecule has 4 saturated heterocycles. The van der Waals surface area contributed by atoms with Gasteiger partial charge < -0.3 is 37.9 Å². The normalized spacial score (nSPS) is 48.3. The molecule has 4 heterocycles. The number of ether oxygens (including phenoxy) is 8. The zero-order chi connectivity index (χ0) is 35.3. The average molecular weight is 701 g/mol. The Morgan fingerprint density at radius 3 is 1.08 bits per heavy atom. The maximum Gasteiger partial charge on any atom is 0.351 e. The summed E-state index contributed by atoms with van der Waals surface area (Å²) >= 11 is 0. The van der Waals surface area contributed by atoms with E-state index in [0.717, 1.165) is 38.5 Å². The molecule has 0 aromatic rings. The van der Waals surface area contributed by atoms with Gasteiger partial charge in [0.2, 0.25) is 11.2 Å². The van der Waals surface area contributed by atoms with Gasteiger partial charge in [0.15, 0.2) is 23.8 Å². The molecule has 0 N–H and O–H groups in total. The molecule has 276 valence electrons. The van der Waals surface area contributed by atoms with Crippen LogP contribution in [0.5, 0.6) is 0 Å². The van der Waals surface area contributed by atoms with Crippen LogP contribution in [-0.4, -0.2) is 83.3 Å². The van der Waals surface area contributed by atoms with Crippen LogP contribution < -0.4 is 0 Å². The average Bonchev–Trinajstić information content (AvgIpc) is 3.80. The Labute approximate surface area is 293 Å². The van der Waals surface area contributed by atoms with Crippen molar-refractivity contribution in [2.24, 2.45) is 21.7 Å². The molecule has 5 aliphatic carbocycles. The highest BCUT2D eigenvalue weighted by molar-refractivity contribution is 5.94. The zero-order valence-corrected chi connectivity index (χ0v) is 30.3. The molecule has 0 aromatic heterocycles. The quantitative estimate of drug-likeness (QED) is 0.289. The molecule has 0 aromatic carbocycles. The van der Waals surface area contributed by atoms with Gasteiger partial charge >= 0.3 is 23.9 Å². The Hall–Kier alpha value is -2.28. The number of hydrogen-bond acceptors (Lipinski definition) is 12. The van der Waals surface area contributed by atoms with Crippen molar-refractivity contribution in [1.82, 2.24) is 0 Å². The molecule has 6 unspecified atom stereocenters. The van der Waals surface area contributed by atoms with Crippen LogP contribution in [0.3, 0.4) is 0 Å². The Morgan fingerprint density at radius 2 is 0.820 bits per heavy atom. The van der Waals surface area contributed by atoms with Crippen LogP contribution in [-0.2, 0) is 57.1 Å². The van der Waals surface area contributed by atoms with Crippen LogP contribution in [0.15, 0.2) is 0 Å². The zero-order valence-electron chi connectivity index (χ0n) is 30.3. The Morgan fingerprint density at radius 1 is 0.500 bits per heavy atom. The summed E-state index contributed by atoms with van der Waals surface area (Å²) in [6.07, 6.45) is 4.60. The van der Waals surface area contributed by atoms with Gasteiger partial charge in [0, 0.05) is 36.5 Å². The maximum atomic E-state index is 14.5. The van der Waals surface area contributed by atoms with Gasteiger partial charge in [-0.2, -0.15) is 0 Å². The number of carbonyl (C=O) groups is 4. The van der Waals surface area contributed by atoms with Crippen molar-refractivity contribution in [3.05, 3.63) is 0 Å². The maximum absolute atomic E-state index is 14.5. The minimum absolute atomic E-state index is 0.355. The molecule has 10 atom stereocenters. The highest BCUT2D eigenvalue weighted by Crippen LogP contribution is 2.67. The first-order chi connectivity index (χ1) is 23.5. The molecule has 12 heteroatoms. The third kappa shape index (κ3) is 3.87. The lowest BCUT2D eigenvalue weighted by Crippen LogP contribution is -2.65. The number of hydrogen-bond donors (Lipinski definition) is 0. The Kier molecular flexibility index (Phi) is 6.86. The summed E-state index contributed by atoms with van der Waals surface area (Å²) in [6.45, 7) is 11.3. The highest BCUT2D eigenvalue weighted by atomic mass is 16.8. The number of fused-ring (bicyclic) bond motifs is 6. The summed E-state index contributed by atoms with van der Waals surface area (Å²) in [7, 11) is 0. The second-order valence-electron chi connectivity index (χ2n) is 18.4. The largest absolute Gasteiger partial charge is 0.454 e. The first kappa shape index (κ1) is 33.5. The van der Waals surface area contributed by atoms with Crippen molar-refractivity contribution < 1.29 is 57.1 Å². The van der Waals surface area contributed by atoms with Crippen LogP contribution in [0.4, 0.5) is 0 Å². The topological polar surface area (TPSA) is 142 Å². The predicted octanol–water partition coefficient (Wildman–Crippen LogP) is 4.96. The van der Waals surface area contributed by atoms with E-state index < -0.39 is 105 Å². The highest BCUT2D eigenvalue weighted by Gasteiger charge is 2.79. The van der Waals surface area contributed by atoms with Gasteiger partial charge in [0.25, 0.3) is 0 Å². The van der Waals surface area contributed by atoms with E-state index in [2.05, 4.69) is 0 Å². The van der Waals surface area contributed by atoms with Gasteiger partial charge in [-0.1, -0.05) is 40.5 Å². The van der Waals surface area contributed by atoms with E-state index in [1.54, 1.807) is 0 Å². The Balaban J connectivity index is 1.09. The minimum atomic E-state index is -1.46. The fourth-order valence-corrected chi connectivity index (χ4v) is 11.5. The van der Waals surface area contributed by atoms with Gasteiger partial charge in [0.1, 0.15) is 24.4 Å². The lowest BCUT2D eigenvalue weighted by atomic mass is 9.66. The van der Waals surface area contributed by atoms with E-state index in [1.807, 2.05) is 41.5 Å². The van der Waals surface area contributed by atoms with Crippen molar-refractivity contribution in [3.8, 4) is 0 Å². The van der Waals surface area contributed by atoms with Crippen molar-refractivity contribution in [2.45, 2.75) is 191 Å². The summed E-state index contributed by atoms with van der Waals surface area (Å²) in [5.41, 5.74) is -6.15. The molecule has 0 amide bonds. The SMILES string of the molecule is CC12CCC(C(=O)OC3[C@H]4OC5(CCCCC5)O[C@H]4C(OC(=O)C45CCC(C)(C(=O)O4)C5(C)C)[C@@H]4OC5(CCCCC5)O[C@@H]34)(OC1=O)C2(C)C. The fraction of sp³-hybridized carbons (Fsp3) is 0.895. The van der Waals surface area contributed by atoms with Crippen LogP contribution in [0.2, 0.25) is 0 Å². The van der Waals surface area contributed by atoms with Crippen molar-refractivity contribution in [3.63, 3.8) is 0 Å². The van der Waals surface area contributed by atoms with Crippen LogP contribution in [0.25, 0.3) is 0 Å². The molecule has 9 aliphatic rings. The number of carbonyl (C=O) groups excluding carboxylic acids is 4. The molecular weight excluding hydrogens is 648 g/mol. The Bertz CT molecular complexity index is 1380. The molecule has 2 spiro atoms. The molecular formula is C38H52O12. The van der Waals surface area contributed by atoms with Crippen LogP contribution in [0, 0.1) is 21.7 Å². The van der Waals surface area contributed by atoms with Crippen LogP contribution in [0.1, 0.15) is 131 Å². The van der Waals surface area contributed by atoms with E-state index in [0.29, 0.717) is 51.4 Å². The third-order valence-electron chi connectivity index (χ3n) is 15.9. The van der Waals surface area contributed by atoms with Gasteiger partial charge in [-0.3, -0.25) is 9.59 Å². The summed E-state index contributed by atoms with van der Waals surface area (Å²) < 4.78 is 52.5. The van der Waals surface area contributed by atoms with E-state index in [9.17, 15) is 19.2 Å². The predicted molar refractivity (Wildman–Crippen MR) is 171 cm³/mol. The van der Waals surface area contributed by atoms with Gasteiger partial charge in [-0.25, -0.2) is 9.59 Å². The van der Waals surface area contributed by atoms with E-state index in [1.165, 1.54) is 0 Å². The van der Waals surface area contributed by atoms with Gasteiger partial charge in [-0.05, 0) is 65.2 Å². The summed E-state index contributed by atoms with van der Waals surface area (Å²) in [6, 6.07) is 0. The smallest absolute Gasteiger partial charge is 0.351 e. The molecule has 9 rings (SSSR count). The van der Waals surface area contributed by atoms with Crippen molar-refractivity contribution in [1.29, 1.82) is 0 Å². The van der Waals surface area contributed by atoms with E-state index in [-0.39, 0.29) is 0 Å². The third-order valence-corrected chi connectivity index (χ3v) is 15.9. The molecule has 4 bridgehead atoms. The fourth-order valence-electron chi connectivity index (χ4n) is 11.5. The molecule has 50 heavy (non-hydrogen) atoms. The molecule has 12 nitrogen and oxygen atoms in total. The molecule has 0 radical (unpaired) electrons.